The average Bonchev–Trinajstić information content (AvgIpc) is 3.18. The SMILES string of the molecule is C=C/C=C\C(=C/C)NC(=NCc1cc(/C=C/C[C@H](Cl)C=C)no1)SC=C.CC. The Kier molecular flexibility index (Phi) is 15.5. The molecule has 6 heteroatoms. The predicted octanol–water partition coefficient (Wildman–Crippen LogP) is 6.87. The molecule has 0 aliphatic carbocycles. The second-order valence-corrected chi connectivity index (χ2v) is 6.49. The lowest BCUT2D eigenvalue weighted by atomic mass is 10.2. The third kappa shape index (κ3) is 11.5. The first-order chi connectivity index (χ1) is 13.6. The molecule has 0 spiro atoms. The first kappa shape index (κ1) is 25.8. The van der Waals surface area contributed by atoms with Crippen molar-refractivity contribution in [3.8, 4) is 0 Å². The van der Waals surface area contributed by atoms with E-state index in [-0.39, 0.29) is 5.38 Å². The van der Waals surface area contributed by atoms with E-state index in [1.54, 1.807) is 17.6 Å². The molecule has 0 fully saturated rings. The summed E-state index contributed by atoms with van der Waals surface area (Å²) >= 11 is 7.37. The third-order valence-electron chi connectivity index (χ3n) is 3.03. The lowest BCUT2D eigenvalue weighted by molar-refractivity contribution is 0.384. The van der Waals surface area contributed by atoms with Crippen LogP contribution in [0, 0.1) is 0 Å². The number of halogens is 1. The highest BCUT2D eigenvalue weighted by Gasteiger charge is 2.04. The summed E-state index contributed by atoms with van der Waals surface area (Å²) in [5, 5.41) is 9.59. The number of aromatic nitrogens is 1. The van der Waals surface area contributed by atoms with E-state index in [4.69, 9.17) is 16.1 Å². The Labute approximate surface area is 178 Å². The molecule has 0 radical (unpaired) electrons. The number of nitrogens with one attached hydrogen (secondary N) is 1. The van der Waals surface area contributed by atoms with Gasteiger partial charge in [0.15, 0.2) is 10.9 Å². The van der Waals surface area contributed by atoms with Crippen LogP contribution in [0.5, 0.6) is 0 Å². The van der Waals surface area contributed by atoms with Crippen LogP contribution in [0.2, 0.25) is 0 Å². The van der Waals surface area contributed by atoms with Crippen molar-refractivity contribution in [1.82, 2.24) is 10.5 Å². The van der Waals surface area contributed by atoms with Crippen LogP contribution in [0.4, 0.5) is 0 Å². The first-order valence-electron chi connectivity index (χ1n) is 9.06. The van der Waals surface area contributed by atoms with Crippen LogP contribution in [0.3, 0.4) is 0 Å². The smallest absolute Gasteiger partial charge is 0.165 e. The highest BCUT2D eigenvalue weighted by atomic mass is 35.5. The maximum absolute atomic E-state index is 5.97. The average molecular weight is 420 g/mol. The van der Waals surface area contributed by atoms with Gasteiger partial charge in [0.2, 0.25) is 0 Å². The van der Waals surface area contributed by atoms with Gasteiger partial charge in [-0.2, -0.15) is 0 Å². The van der Waals surface area contributed by atoms with Crippen molar-refractivity contribution < 1.29 is 4.52 Å². The van der Waals surface area contributed by atoms with Gasteiger partial charge in [0.25, 0.3) is 0 Å². The molecule has 4 nitrogen and oxygen atoms in total. The molecule has 0 amide bonds. The second-order valence-electron chi connectivity index (χ2n) is 4.98. The van der Waals surface area contributed by atoms with Gasteiger partial charge < -0.3 is 9.84 Å². The highest BCUT2D eigenvalue weighted by molar-refractivity contribution is 8.16. The lowest BCUT2D eigenvalue weighted by Crippen LogP contribution is -2.18. The van der Waals surface area contributed by atoms with Crippen molar-refractivity contribution in [3.63, 3.8) is 0 Å². The maximum atomic E-state index is 5.97. The first-order valence-corrected chi connectivity index (χ1v) is 10.4. The molecule has 152 valence electrons. The van der Waals surface area contributed by atoms with Crippen LogP contribution in [0.1, 0.15) is 38.6 Å². The van der Waals surface area contributed by atoms with E-state index < -0.39 is 0 Å². The van der Waals surface area contributed by atoms with Crippen molar-refractivity contribution in [2.24, 2.45) is 4.99 Å². The maximum Gasteiger partial charge on any atom is 0.165 e. The van der Waals surface area contributed by atoms with E-state index in [1.807, 2.05) is 57.2 Å². The number of thioether (sulfide) groups is 1. The van der Waals surface area contributed by atoms with Crippen LogP contribution in [0.15, 0.2) is 82.9 Å². The minimum atomic E-state index is -0.0808. The van der Waals surface area contributed by atoms with Gasteiger partial charge in [0.05, 0.1) is 5.38 Å². The summed E-state index contributed by atoms with van der Waals surface area (Å²) in [6, 6.07) is 1.85. The van der Waals surface area contributed by atoms with E-state index >= 15 is 0 Å². The van der Waals surface area contributed by atoms with E-state index in [1.165, 1.54) is 11.8 Å². The number of aliphatic imine (C=N–C) groups is 1. The Bertz CT molecular complexity index is 717. The Morgan fingerprint density at radius 1 is 1.39 bits per heavy atom. The van der Waals surface area contributed by atoms with Gasteiger partial charge in [-0.3, -0.25) is 4.99 Å². The Hall–Kier alpha value is -2.24. The summed E-state index contributed by atoms with van der Waals surface area (Å²) < 4.78 is 5.31. The van der Waals surface area contributed by atoms with Gasteiger partial charge in [-0.1, -0.05) is 74.3 Å². The molecule has 1 aromatic rings. The number of allylic oxidation sites excluding steroid dienone is 6. The van der Waals surface area contributed by atoms with Crippen LogP contribution in [-0.2, 0) is 6.54 Å². The quantitative estimate of drug-likeness (QED) is 0.148. The van der Waals surface area contributed by atoms with Crippen molar-refractivity contribution in [2.75, 3.05) is 0 Å². The zero-order chi connectivity index (χ0) is 21.2. The largest absolute Gasteiger partial charge is 0.359 e. The number of alkyl halides is 1. The molecule has 0 unspecified atom stereocenters. The zero-order valence-corrected chi connectivity index (χ0v) is 18.5. The molecule has 1 aromatic heterocycles. The molecule has 0 aromatic carbocycles. The van der Waals surface area contributed by atoms with Crippen LogP contribution in [0.25, 0.3) is 6.08 Å². The molecular weight excluding hydrogens is 390 g/mol. The fourth-order valence-electron chi connectivity index (χ4n) is 1.74. The topological polar surface area (TPSA) is 50.4 Å². The van der Waals surface area contributed by atoms with Gasteiger partial charge in [-0.25, -0.2) is 0 Å². The van der Waals surface area contributed by atoms with Gasteiger partial charge in [-0.05, 0) is 30.9 Å². The van der Waals surface area contributed by atoms with Gasteiger partial charge >= 0.3 is 0 Å². The molecule has 0 saturated heterocycles. The molecule has 1 atom stereocenters. The number of hydrogen-bond donors (Lipinski definition) is 1. The number of nitrogens with zero attached hydrogens (tertiary/aromatic N) is 2. The summed E-state index contributed by atoms with van der Waals surface area (Å²) in [4.78, 5) is 4.52. The summed E-state index contributed by atoms with van der Waals surface area (Å²) in [7, 11) is 0. The molecule has 1 heterocycles. The molecule has 0 aliphatic rings. The van der Waals surface area contributed by atoms with Crippen molar-refractivity contribution in [2.45, 2.75) is 39.1 Å². The number of amidine groups is 1. The molecule has 0 saturated carbocycles. The molecule has 28 heavy (non-hydrogen) atoms. The van der Waals surface area contributed by atoms with Crippen molar-refractivity contribution in [3.05, 3.63) is 84.8 Å². The predicted molar refractivity (Wildman–Crippen MR) is 126 cm³/mol. The number of rotatable bonds is 10. The molecule has 0 bridgehead atoms. The van der Waals surface area contributed by atoms with Gasteiger partial charge in [-0.15, -0.1) is 18.2 Å². The zero-order valence-electron chi connectivity index (χ0n) is 16.9. The Balaban J connectivity index is 0.00000352. The van der Waals surface area contributed by atoms with Crippen LogP contribution >= 0.6 is 23.4 Å². The molecule has 1 N–H and O–H groups in total. The van der Waals surface area contributed by atoms with E-state index in [2.05, 4.69) is 35.2 Å². The Morgan fingerprint density at radius 3 is 2.75 bits per heavy atom. The summed E-state index contributed by atoms with van der Waals surface area (Å²) in [6.07, 6.45) is 13.6. The normalized spacial score (nSPS) is 13.1. The fourth-order valence-corrected chi connectivity index (χ4v) is 2.31. The molecule has 0 aliphatic heterocycles. The van der Waals surface area contributed by atoms with Crippen LogP contribution < -0.4 is 5.32 Å². The fraction of sp³-hybridized carbons (Fsp3) is 0.273. The number of hydrogen-bond acceptors (Lipinski definition) is 4. The summed E-state index contributed by atoms with van der Waals surface area (Å²) in [6.45, 7) is 17.4. The monoisotopic (exact) mass is 419 g/mol. The molecule has 1 rings (SSSR count). The van der Waals surface area contributed by atoms with Crippen molar-refractivity contribution >= 4 is 34.6 Å². The second kappa shape index (κ2) is 16.9. The third-order valence-corrected chi connectivity index (χ3v) is 4.01. The van der Waals surface area contributed by atoms with E-state index in [0.29, 0.717) is 23.9 Å². The van der Waals surface area contributed by atoms with Gasteiger partial charge in [0.1, 0.15) is 12.2 Å². The standard InChI is InChI=1S/C20H24ClN3OS.C2H6/c1-5-9-12-17(7-3)23-20(26-8-4)22-15-19-14-18(24-25-19)13-10-11-16(21)6-2;1-2/h5-10,12-14,16H,1-2,4,11,15H2,3H3,(H,22,23);1-2H3/b12-9-,13-10+,17-7+;/t16-;/m1./s1. The Morgan fingerprint density at radius 2 is 2.14 bits per heavy atom. The van der Waals surface area contributed by atoms with Crippen LogP contribution in [-0.4, -0.2) is 15.7 Å². The lowest BCUT2D eigenvalue weighted by Gasteiger charge is -2.07. The minimum absolute atomic E-state index is 0.0808. The van der Waals surface area contributed by atoms with E-state index in [9.17, 15) is 0 Å². The summed E-state index contributed by atoms with van der Waals surface area (Å²) in [5.74, 6) is 0.670. The van der Waals surface area contributed by atoms with Crippen molar-refractivity contribution in [1.29, 1.82) is 0 Å². The highest BCUT2D eigenvalue weighted by Crippen LogP contribution is 2.12. The summed E-state index contributed by atoms with van der Waals surface area (Å²) in [5.41, 5.74) is 1.65. The molecular formula is C22H30ClN3OS. The van der Waals surface area contributed by atoms with E-state index in [0.717, 1.165) is 11.4 Å². The van der Waals surface area contributed by atoms with Gasteiger partial charge in [0, 0.05) is 11.8 Å². The minimum Gasteiger partial charge on any atom is -0.359 e.